The monoisotopic (exact) mass is 494 g/mol. The fourth-order valence-electron chi connectivity index (χ4n) is 3.32. The standard InChI is InChI=1S/C19H21BrN2O3.C2H2O4/c20-16-2-3-17(23)15(10-16)12-22-7-5-21(6-8-22)11-14-1-4-18-19(9-14)25-13-24-18;3-1(4)2(5)6/h1-4,9-10,23H,5-8,11-13H2;(H,3,4)(H,5,6). The Morgan fingerprint density at radius 1 is 0.871 bits per heavy atom. The fourth-order valence-corrected chi connectivity index (χ4v) is 3.73. The number of halogens is 1. The maximum Gasteiger partial charge on any atom is 0.414 e. The molecule has 0 spiro atoms. The van der Waals surface area contributed by atoms with Crippen molar-refractivity contribution in [3.8, 4) is 17.2 Å². The summed E-state index contributed by atoms with van der Waals surface area (Å²) < 4.78 is 11.8. The molecule has 0 atom stereocenters. The van der Waals surface area contributed by atoms with Crippen LogP contribution in [0.4, 0.5) is 0 Å². The van der Waals surface area contributed by atoms with E-state index >= 15 is 0 Å². The summed E-state index contributed by atoms with van der Waals surface area (Å²) in [5.41, 5.74) is 2.22. The molecule has 0 saturated carbocycles. The van der Waals surface area contributed by atoms with Crippen LogP contribution in [0.2, 0.25) is 0 Å². The molecule has 1 fully saturated rings. The quantitative estimate of drug-likeness (QED) is 0.549. The molecule has 0 aliphatic carbocycles. The average molecular weight is 495 g/mol. The smallest absolute Gasteiger partial charge is 0.414 e. The number of carbonyl (C=O) groups is 2. The van der Waals surface area contributed by atoms with Crippen molar-refractivity contribution >= 4 is 27.9 Å². The van der Waals surface area contributed by atoms with Crippen LogP contribution in [0, 0.1) is 0 Å². The summed E-state index contributed by atoms with van der Waals surface area (Å²) in [5.74, 6) is -1.60. The number of rotatable bonds is 4. The zero-order valence-corrected chi connectivity index (χ0v) is 18.2. The molecule has 2 aliphatic rings. The summed E-state index contributed by atoms with van der Waals surface area (Å²) >= 11 is 3.47. The lowest BCUT2D eigenvalue weighted by atomic mass is 10.1. The highest BCUT2D eigenvalue weighted by atomic mass is 79.9. The van der Waals surface area contributed by atoms with Gasteiger partial charge in [0.05, 0.1) is 0 Å². The first-order valence-corrected chi connectivity index (χ1v) is 10.4. The first-order valence-electron chi connectivity index (χ1n) is 9.58. The Morgan fingerprint density at radius 2 is 1.48 bits per heavy atom. The molecule has 4 rings (SSSR count). The van der Waals surface area contributed by atoms with Crippen molar-refractivity contribution in [1.29, 1.82) is 0 Å². The van der Waals surface area contributed by atoms with Crippen LogP contribution < -0.4 is 9.47 Å². The molecule has 2 aromatic carbocycles. The van der Waals surface area contributed by atoms with Crippen molar-refractivity contribution in [1.82, 2.24) is 9.80 Å². The van der Waals surface area contributed by atoms with Gasteiger partial charge in [-0.25, -0.2) is 9.59 Å². The van der Waals surface area contributed by atoms with Crippen molar-refractivity contribution in [2.24, 2.45) is 0 Å². The average Bonchev–Trinajstić information content (AvgIpc) is 3.20. The highest BCUT2D eigenvalue weighted by Gasteiger charge is 2.19. The van der Waals surface area contributed by atoms with Gasteiger partial charge in [0.2, 0.25) is 6.79 Å². The van der Waals surface area contributed by atoms with E-state index in [9.17, 15) is 5.11 Å². The number of fused-ring (bicyclic) bond motifs is 1. The zero-order valence-electron chi connectivity index (χ0n) is 16.7. The molecule has 0 amide bonds. The number of aliphatic carboxylic acids is 2. The van der Waals surface area contributed by atoms with Gasteiger partial charge in [-0.1, -0.05) is 22.0 Å². The topological polar surface area (TPSA) is 120 Å². The summed E-state index contributed by atoms with van der Waals surface area (Å²) in [6.07, 6.45) is 0. The maximum absolute atomic E-state index is 10.0. The second-order valence-electron chi connectivity index (χ2n) is 7.12. The van der Waals surface area contributed by atoms with Crippen LogP contribution in [-0.2, 0) is 22.7 Å². The van der Waals surface area contributed by atoms with Gasteiger partial charge in [-0.15, -0.1) is 0 Å². The minimum absolute atomic E-state index is 0.319. The maximum atomic E-state index is 10.0. The molecule has 0 radical (unpaired) electrons. The molecular formula is C21H23BrN2O7. The number of hydrogen-bond donors (Lipinski definition) is 3. The Morgan fingerprint density at radius 3 is 2.13 bits per heavy atom. The molecule has 166 valence electrons. The number of hydrogen-bond acceptors (Lipinski definition) is 7. The van der Waals surface area contributed by atoms with Crippen LogP contribution in [-0.4, -0.2) is 70.0 Å². The van der Waals surface area contributed by atoms with Crippen molar-refractivity contribution in [3.05, 3.63) is 52.0 Å². The molecule has 2 heterocycles. The largest absolute Gasteiger partial charge is 0.508 e. The summed E-state index contributed by atoms with van der Waals surface area (Å²) in [4.78, 5) is 23.0. The molecule has 31 heavy (non-hydrogen) atoms. The van der Waals surface area contributed by atoms with Gasteiger partial charge in [0, 0.05) is 49.3 Å². The molecule has 1 saturated heterocycles. The Hall–Kier alpha value is -2.82. The summed E-state index contributed by atoms with van der Waals surface area (Å²) in [6.45, 7) is 6.05. The van der Waals surface area contributed by atoms with Crippen LogP contribution in [0.1, 0.15) is 11.1 Å². The normalized spacial score (nSPS) is 15.8. The highest BCUT2D eigenvalue weighted by Crippen LogP contribution is 2.33. The molecule has 9 nitrogen and oxygen atoms in total. The second kappa shape index (κ2) is 10.5. The number of carboxylic acid groups (broad SMARTS) is 2. The SMILES string of the molecule is O=C(O)C(=O)O.Oc1ccc(Br)cc1CN1CCN(Cc2ccc3c(c2)OCO3)CC1. The van der Waals surface area contributed by atoms with Gasteiger partial charge < -0.3 is 24.8 Å². The third-order valence-corrected chi connectivity index (χ3v) is 5.42. The Labute approximate surface area is 187 Å². The Bertz CT molecular complexity index is 933. The number of aromatic hydroxyl groups is 1. The lowest BCUT2D eigenvalue weighted by Crippen LogP contribution is -2.45. The number of carboxylic acids is 2. The fraction of sp³-hybridized carbons (Fsp3) is 0.333. The van der Waals surface area contributed by atoms with Crippen molar-refractivity contribution in [2.75, 3.05) is 33.0 Å². The van der Waals surface area contributed by atoms with Gasteiger partial charge in [0.1, 0.15) is 5.75 Å². The molecule has 10 heteroatoms. The van der Waals surface area contributed by atoms with Gasteiger partial charge in [-0.05, 0) is 35.9 Å². The van der Waals surface area contributed by atoms with E-state index in [1.807, 2.05) is 18.2 Å². The summed E-state index contributed by atoms with van der Waals surface area (Å²) in [6, 6.07) is 11.8. The van der Waals surface area contributed by atoms with E-state index in [4.69, 9.17) is 29.3 Å². The predicted octanol–water partition coefficient (Wildman–Crippen LogP) is 2.36. The molecule has 0 aromatic heterocycles. The summed E-state index contributed by atoms with van der Waals surface area (Å²) in [7, 11) is 0. The third-order valence-electron chi connectivity index (χ3n) is 4.93. The van der Waals surface area contributed by atoms with E-state index in [-0.39, 0.29) is 0 Å². The number of piperazine rings is 1. The number of phenols is 1. The van der Waals surface area contributed by atoms with Crippen LogP contribution in [0.25, 0.3) is 0 Å². The lowest BCUT2D eigenvalue weighted by molar-refractivity contribution is -0.159. The Balaban J connectivity index is 0.000000401. The van der Waals surface area contributed by atoms with Crippen molar-refractivity contribution < 1.29 is 34.4 Å². The minimum atomic E-state index is -1.82. The number of phenolic OH excluding ortho intramolecular Hbond substituents is 1. The number of ether oxygens (including phenoxy) is 2. The predicted molar refractivity (Wildman–Crippen MR) is 114 cm³/mol. The van der Waals surface area contributed by atoms with E-state index < -0.39 is 11.9 Å². The van der Waals surface area contributed by atoms with E-state index in [1.165, 1.54) is 5.56 Å². The molecule has 2 aromatic rings. The first-order chi connectivity index (χ1) is 14.8. The second-order valence-corrected chi connectivity index (χ2v) is 8.04. The van der Waals surface area contributed by atoms with E-state index in [1.54, 1.807) is 6.07 Å². The van der Waals surface area contributed by atoms with Gasteiger partial charge in [-0.2, -0.15) is 0 Å². The van der Waals surface area contributed by atoms with Gasteiger partial charge in [0.15, 0.2) is 11.5 Å². The van der Waals surface area contributed by atoms with Crippen molar-refractivity contribution in [2.45, 2.75) is 13.1 Å². The van der Waals surface area contributed by atoms with Crippen LogP contribution in [0.3, 0.4) is 0 Å². The van der Waals surface area contributed by atoms with Gasteiger partial charge in [0.25, 0.3) is 0 Å². The third kappa shape index (κ3) is 6.58. The number of benzene rings is 2. The van der Waals surface area contributed by atoms with Crippen LogP contribution in [0.15, 0.2) is 40.9 Å². The highest BCUT2D eigenvalue weighted by molar-refractivity contribution is 9.10. The van der Waals surface area contributed by atoms with Crippen LogP contribution >= 0.6 is 15.9 Å². The molecule has 0 unspecified atom stereocenters. The molecule has 3 N–H and O–H groups in total. The van der Waals surface area contributed by atoms with E-state index in [0.29, 0.717) is 12.5 Å². The molecular weight excluding hydrogens is 472 g/mol. The van der Waals surface area contributed by atoms with Gasteiger partial charge >= 0.3 is 11.9 Å². The molecule has 0 bridgehead atoms. The van der Waals surface area contributed by atoms with Crippen LogP contribution in [0.5, 0.6) is 17.2 Å². The lowest BCUT2D eigenvalue weighted by Gasteiger charge is -2.34. The van der Waals surface area contributed by atoms with E-state index in [0.717, 1.165) is 60.8 Å². The van der Waals surface area contributed by atoms with Gasteiger partial charge in [-0.3, -0.25) is 9.80 Å². The summed E-state index contributed by atoms with van der Waals surface area (Å²) in [5, 5.41) is 24.8. The first kappa shape index (κ1) is 22.9. The minimum Gasteiger partial charge on any atom is -0.508 e. The molecule has 2 aliphatic heterocycles. The van der Waals surface area contributed by atoms with E-state index in [2.05, 4.69) is 37.9 Å². The Kier molecular flexibility index (Phi) is 7.72. The number of nitrogens with zero attached hydrogens (tertiary/aromatic N) is 2. The van der Waals surface area contributed by atoms with Crippen molar-refractivity contribution in [3.63, 3.8) is 0 Å². The zero-order chi connectivity index (χ0) is 22.4.